The number of hydrogen-bond acceptors (Lipinski definition) is 6. The normalized spacial score (nSPS) is 29.1. The molecule has 6 heteroatoms. The van der Waals surface area contributed by atoms with Crippen LogP contribution in [0.25, 0.3) is 0 Å². The van der Waals surface area contributed by atoms with E-state index in [1.54, 1.807) is 11.5 Å². The summed E-state index contributed by atoms with van der Waals surface area (Å²) in [6.07, 6.45) is 3.89. The zero-order valence-electron chi connectivity index (χ0n) is 11.2. The van der Waals surface area contributed by atoms with E-state index < -0.39 is 0 Å². The van der Waals surface area contributed by atoms with Gasteiger partial charge >= 0.3 is 0 Å². The molecule has 2 saturated heterocycles. The third kappa shape index (κ3) is 2.49. The van der Waals surface area contributed by atoms with Crippen LogP contribution in [0.4, 0.5) is 5.13 Å². The Hall–Kier alpha value is -0.720. The minimum absolute atomic E-state index is 0.677. The van der Waals surface area contributed by atoms with Crippen LogP contribution in [0.5, 0.6) is 0 Å². The number of aromatic nitrogens is 2. The van der Waals surface area contributed by atoms with Crippen LogP contribution >= 0.6 is 11.5 Å². The van der Waals surface area contributed by atoms with E-state index in [1.807, 2.05) is 0 Å². The largest absolute Gasteiger partial charge is 0.344 e. The molecule has 104 valence electrons. The predicted molar refractivity (Wildman–Crippen MR) is 76.9 cm³/mol. The lowest BCUT2D eigenvalue weighted by Gasteiger charge is -2.37. The molecule has 1 aromatic heterocycles. The van der Waals surface area contributed by atoms with Crippen molar-refractivity contribution in [1.29, 1.82) is 0 Å². The van der Waals surface area contributed by atoms with E-state index in [4.69, 9.17) is 4.98 Å². The first-order valence-corrected chi connectivity index (χ1v) is 8.21. The molecule has 3 aliphatic rings. The smallest absolute Gasteiger partial charge is 0.205 e. The van der Waals surface area contributed by atoms with E-state index in [2.05, 4.69) is 19.5 Å². The van der Waals surface area contributed by atoms with Crippen LogP contribution in [-0.4, -0.2) is 59.6 Å². The minimum Gasteiger partial charge on any atom is -0.344 e. The Balaban J connectivity index is 1.36. The molecular formula is C13H21N5S. The third-order valence-electron chi connectivity index (χ3n) is 4.51. The maximum atomic E-state index is 4.72. The zero-order valence-corrected chi connectivity index (χ0v) is 12.0. The highest BCUT2D eigenvalue weighted by Gasteiger charge is 2.30. The van der Waals surface area contributed by atoms with E-state index in [1.165, 1.54) is 45.4 Å². The molecule has 5 nitrogen and oxygen atoms in total. The monoisotopic (exact) mass is 279 g/mol. The van der Waals surface area contributed by atoms with E-state index in [0.29, 0.717) is 5.92 Å². The van der Waals surface area contributed by atoms with Gasteiger partial charge in [-0.1, -0.05) is 0 Å². The Labute approximate surface area is 118 Å². The van der Waals surface area contributed by atoms with Crippen LogP contribution in [0.1, 0.15) is 31.0 Å². The van der Waals surface area contributed by atoms with Gasteiger partial charge in [-0.15, -0.1) is 0 Å². The summed E-state index contributed by atoms with van der Waals surface area (Å²) in [5.74, 6) is 1.78. The van der Waals surface area contributed by atoms with Crippen molar-refractivity contribution >= 4 is 16.7 Å². The molecule has 0 amide bonds. The maximum Gasteiger partial charge on any atom is 0.205 e. The summed E-state index contributed by atoms with van der Waals surface area (Å²) in [4.78, 5) is 9.78. The lowest BCUT2D eigenvalue weighted by atomic mass is 10.2. The third-order valence-corrected chi connectivity index (χ3v) is 5.30. The molecular weight excluding hydrogens is 258 g/mol. The summed E-state index contributed by atoms with van der Waals surface area (Å²) < 4.78 is 4.52. The highest BCUT2D eigenvalue weighted by atomic mass is 32.1. The van der Waals surface area contributed by atoms with Crippen molar-refractivity contribution in [2.24, 2.45) is 0 Å². The predicted octanol–water partition coefficient (Wildman–Crippen LogP) is 0.899. The van der Waals surface area contributed by atoms with Gasteiger partial charge in [-0.05, 0) is 25.8 Å². The molecule has 1 aliphatic carbocycles. The fraction of sp³-hybridized carbons (Fsp3) is 0.846. The van der Waals surface area contributed by atoms with Crippen LogP contribution < -0.4 is 10.2 Å². The van der Waals surface area contributed by atoms with Crippen molar-refractivity contribution in [2.45, 2.75) is 31.2 Å². The Morgan fingerprint density at radius 2 is 1.95 bits per heavy atom. The molecule has 3 fully saturated rings. The summed E-state index contributed by atoms with van der Waals surface area (Å²) in [5.41, 5.74) is 0. The van der Waals surface area contributed by atoms with Crippen molar-refractivity contribution in [2.75, 3.05) is 44.2 Å². The van der Waals surface area contributed by atoms with Gasteiger partial charge < -0.3 is 10.2 Å². The van der Waals surface area contributed by atoms with E-state index in [9.17, 15) is 0 Å². The highest BCUT2D eigenvalue weighted by Crippen LogP contribution is 2.39. The van der Waals surface area contributed by atoms with E-state index >= 15 is 0 Å². The number of nitrogens with zero attached hydrogens (tertiary/aromatic N) is 4. The topological polar surface area (TPSA) is 44.3 Å². The highest BCUT2D eigenvalue weighted by molar-refractivity contribution is 7.09. The van der Waals surface area contributed by atoms with Crippen molar-refractivity contribution < 1.29 is 0 Å². The van der Waals surface area contributed by atoms with Gasteiger partial charge in [-0.2, -0.15) is 4.37 Å². The zero-order chi connectivity index (χ0) is 12.7. The van der Waals surface area contributed by atoms with E-state index in [0.717, 1.165) is 30.1 Å². The Kier molecular flexibility index (Phi) is 3.17. The van der Waals surface area contributed by atoms with Gasteiger partial charge in [0, 0.05) is 56.2 Å². The number of anilines is 1. The Bertz CT molecular complexity index is 430. The van der Waals surface area contributed by atoms with Gasteiger partial charge in [0.15, 0.2) is 0 Å². The van der Waals surface area contributed by atoms with Crippen molar-refractivity contribution in [1.82, 2.24) is 19.6 Å². The lowest BCUT2D eigenvalue weighted by molar-refractivity contribution is 0.196. The fourth-order valence-electron chi connectivity index (χ4n) is 3.09. The van der Waals surface area contributed by atoms with Gasteiger partial charge in [0.2, 0.25) is 5.13 Å². The van der Waals surface area contributed by atoms with Gasteiger partial charge in [-0.25, -0.2) is 4.98 Å². The molecule has 4 rings (SSSR count). The second-order valence-corrected chi connectivity index (χ2v) is 6.61. The van der Waals surface area contributed by atoms with Crippen molar-refractivity contribution in [3.05, 3.63) is 5.82 Å². The first kappa shape index (κ1) is 12.1. The number of nitrogens with one attached hydrogen (secondary N) is 1. The number of rotatable bonds is 3. The lowest BCUT2D eigenvalue weighted by Crippen LogP contribution is -2.51. The van der Waals surface area contributed by atoms with E-state index in [-0.39, 0.29) is 0 Å². The molecule has 0 aromatic carbocycles. The average Bonchev–Trinajstić information content (AvgIpc) is 2.97. The van der Waals surface area contributed by atoms with Crippen LogP contribution in [0.2, 0.25) is 0 Å². The van der Waals surface area contributed by atoms with Gasteiger partial charge in [-0.3, -0.25) is 4.90 Å². The molecule has 2 aliphatic heterocycles. The molecule has 1 N–H and O–H groups in total. The van der Waals surface area contributed by atoms with Crippen LogP contribution in [0, 0.1) is 0 Å². The van der Waals surface area contributed by atoms with Gasteiger partial charge in [0.1, 0.15) is 5.82 Å². The molecule has 1 aromatic rings. The maximum absolute atomic E-state index is 4.72. The average molecular weight is 279 g/mol. The second kappa shape index (κ2) is 5.00. The molecule has 0 bridgehead atoms. The van der Waals surface area contributed by atoms with Crippen molar-refractivity contribution in [3.63, 3.8) is 0 Å². The molecule has 0 spiro atoms. The molecule has 1 saturated carbocycles. The SMILES string of the molecule is C1C[C@H](N2CCN(c3nc(C4CC4)ns3)CC2)CN1. The molecule has 0 radical (unpaired) electrons. The minimum atomic E-state index is 0.677. The standard InChI is InChI=1S/C13H21N5S/c1-2-10(1)12-15-13(19-16-12)18-7-5-17(6-8-18)11-3-4-14-9-11/h10-11,14H,1-9H2/t11-/m0/s1. The van der Waals surface area contributed by atoms with Crippen molar-refractivity contribution in [3.8, 4) is 0 Å². The molecule has 19 heavy (non-hydrogen) atoms. The Morgan fingerprint density at radius 1 is 1.11 bits per heavy atom. The molecule has 3 heterocycles. The second-order valence-electron chi connectivity index (χ2n) is 5.88. The van der Waals surface area contributed by atoms with Crippen LogP contribution in [0.15, 0.2) is 0 Å². The summed E-state index contributed by atoms with van der Waals surface area (Å²) in [6, 6.07) is 0.763. The van der Waals surface area contributed by atoms with Gasteiger partial charge in [0.25, 0.3) is 0 Å². The summed E-state index contributed by atoms with van der Waals surface area (Å²) >= 11 is 1.59. The molecule has 0 unspecified atom stereocenters. The first-order chi connectivity index (χ1) is 9.40. The van der Waals surface area contributed by atoms with Crippen LogP contribution in [-0.2, 0) is 0 Å². The van der Waals surface area contributed by atoms with Crippen LogP contribution in [0.3, 0.4) is 0 Å². The number of hydrogen-bond donors (Lipinski definition) is 1. The summed E-state index contributed by atoms with van der Waals surface area (Å²) in [7, 11) is 0. The first-order valence-electron chi connectivity index (χ1n) is 7.43. The number of piperazine rings is 1. The summed E-state index contributed by atoms with van der Waals surface area (Å²) in [6.45, 7) is 6.91. The Morgan fingerprint density at radius 3 is 2.63 bits per heavy atom. The van der Waals surface area contributed by atoms with Gasteiger partial charge in [0.05, 0.1) is 0 Å². The molecule has 1 atom stereocenters. The quantitative estimate of drug-likeness (QED) is 0.890. The fourth-order valence-corrected chi connectivity index (χ4v) is 3.89. The summed E-state index contributed by atoms with van der Waals surface area (Å²) in [5, 5.41) is 4.60.